The van der Waals surface area contributed by atoms with Gasteiger partial charge in [-0.2, -0.15) is 0 Å². The van der Waals surface area contributed by atoms with Crippen molar-refractivity contribution in [2.75, 3.05) is 36.9 Å². The number of carbonyl (C=O) groups is 3. The topological polar surface area (TPSA) is 119 Å². The van der Waals surface area contributed by atoms with Gasteiger partial charge in [0.25, 0.3) is 11.8 Å². The number of unbranched alkanes of at least 4 members (excludes halogenated alkanes) is 4. The number of aryl methyl sites for hydroxylation is 1. The highest BCUT2D eigenvalue weighted by Gasteiger charge is 2.44. The first kappa shape index (κ1) is 33.4. The van der Waals surface area contributed by atoms with Crippen LogP contribution < -0.4 is 14.8 Å². The van der Waals surface area contributed by atoms with Gasteiger partial charge in [-0.05, 0) is 55.5 Å². The molecule has 1 heterocycles. The first-order chi connectivity index (χ1) is 20.1. The van der Waals surface area contributed by atoms with Crippen molar-refractivity contribution >= 4 is 44.8 Å². The molecule has 2 aromatic rings. The zero-order valence-corrected chi connectivity index (χ0v) is 26.4. The van der Waals surface area contributed by atoms with Gasteiger partial charge in [0.1, 0.15) is 9.84 Å². The second-order valence-electron chi connectivity index (χ2n) is 10.5. The van der Waals surface area contributed by atoms with Crippen LogP contribution in [0.3, 0.4) is 0 Å². The van der Waals surface area contributed by atoms with Crippen LogP contribution in [0, 0.1) is 0 Å². The van der Waals surface area contributed by atoms with E-state index in [0.29, 0.717) is 48.0 Å². The Kier molecular flexibility index (Phi) is 12.2. The molecule has 1 N–H and O–H groups in total. The number of hydrogen-bond acceptors (Lipinski definition) is 7. The zero-order valence-electron chi connectivity index (χ0n) is 24.8. The van der Waals surface area contributed by atoms with Gasteiger partial charge in [-0.15, -0.1) is 11.6 Å². The van der Waals surface area contributed by atoms with E-state index < -0.39 is 33.4 Å². The number of fused-ring (bicyclic) bond motifs is 1. The molecule has 0 bridgehead atoms. The van der Waals surface area contributed by atoms with Gasteiger partial charge in [-0.1, -0.05) is 44.7 Å². The fraction of sp³-hybridized carbons (Fsp3) is 0.516. The van der Waals surface area contributed by atoms with Crippen molar-refractivity contribution in [2.24, 2.45) is 0 Å². The van der Waals surface area contributed by atoms with Crippen LogP contribution in [0.5, 0.6) is 11.5 Å². The molecule has 0 aromatic heterocycles. The number of rotatable bonds is 17. The molecule has 42 heavy (non-hydrogen) atoms. The largest absolute Gasteiger partial charge is 0.493 e. The highest BCUT2D eigenvalue weighted by Crippen LogP contribution is 2.40. The maximum atomic E-state index is 14.1. The molecule has 11 heteroatoms. The molecule has 0 saturated heterocycles. The van der Waals surface area contributed by atoms with Crippen molar-refractivity contribution in [3.63, 3.8) is 0 Å². The second kappa shape index (κ2) is 15.4. The number of imide groups is 1. The summed E-state index contributed by atoms with van der Waals surface area (Å²) in [5, 5.41) is 2.78. The predicted molar refractivity (Wildman–Crippen MR) is 165 cm³/mol. The van der Waals surface area contributed by atoms with Crippen molar-refractivity contribution in [3.8, 4) is 11.5 Å². The number of nitrogens with one attached hydrogen (secondary N) is 1. The Bertz CT molecular complexity index is 1390. The number of alkyl halides is 1. The molecule has 0 fully saturated rings. The van der Waals surface area contributed by atoms with Crippen LogP contribution in [0.25, 0.3) is 0 Å². The maximum Gasteiger partial charge on any atom is 0.264 e. The molecule has 0 radical (unpaired) electrons. The van der Waals surface area contributed by atoms with Gasteiger partial charge in [0.05, 0.1) is 42.3 Å². The van der Waals surface area contributed by atoms with E-state index in [1.807, 2.05) is 0 Å². The molecule has 3 rings (SSSR count). The molecule has 2 aromatic carbocycles. The Morgan fingerprint density at radius 1 is 0.976 bits per heavy atom. The summed E-state index contributed by atoms with van der Waals surface area (Å²) in [6.45, 7) is 4.27. The number of sulfone groups is 1. The van der Waals surface area contributed by atoms with E-state index in [1.54, 1.807) is 37.3 Å². The first-order valence-electron chi connectivity index (χ1n) is 14.4. The fourth-order valence-corrected chi connectivity index (χ4v) is 6.22. The fourth-order valence-electron chi connectivity index (χ4n) is 5.18. The minimum absolute atomic E-state index is 0.0855. The van der Waals surface area contributed by atoms with E-state index in [-0.39, 0.29) is 29.1 Å². The number of anilines is 1. The molecular weight excluding hydrogens is 580 g/mol. The summed E-state index contributed by atoms with van der Waals surface area (Å²) in [6, 6.07) is 7.15. The van der Waals surface area contributed by atoms with E-state index in [4.69, 9.17) is 21.1 Å². The lowest BCUT2D eigenvalue weighted by molar-refractivity contribution is -0.116. The molecule has 9 nitrogen and oxygen atoms in total. The monoisotopic (exact) mass is 620 g/mol. The van der Waals surface area contributed by atoms with Crippen molar-refractivity contribution < 1.29 is 32.3 Å². The zero-order chi connectivity index (χ0) is 30.9. The van der Waals surface area contributed by atoms with Crippen LogP contribution in [-0.2, 0) is 21.1 Å². The van der Waals surface area contributed by atoms with Crippen LogP contribution in [0.15, 0.2) is 30.3 Å². The normalized spacial score (nSPS) is 13.7. The molecule has 3 amide bonds. The minimum Gasteiger partial charge on any atom is -0.493 e. The Hall–Kier alpha value is -3.11. The molecule has 0 aliphatic carbocycles. The van der Waals surface area contributed by atoms with Crippen LogP contribution in [0.4, 0.5) is 5.69 Å². The lowest BCUT2D eigenvalue weighted by Gasteiger charge is -2.27. The summed E-state index contributed by atoms with van der Waals surface area (Å²) >= 11 is 5.75. The smallest absolute Gasteiger partial charge is 0.264 e. The van der Waals surface area contributed by atoms with Gasteiger partial charge >= 0.3 is 0 Å². The SMILES string of the molecule is CCCCCCCc1ccc(NC(=O)CCCCl)c2c1C(=O)N([C@H](CS(C)(=O)=O)c1ccc(OC)c(OCC)c1)C2=O. The van der Waals surface area contributed by atoms with E-state index in [1.165, 1.54) is 7.11 Å². The molecule has 0 saturated carbocycles. The number of methoxy groups -OCH3 is 1. The predicted octanol–water partition coefficient (Wildman–Crippen LogP) is 5.95. The van der Waals surface area contributed by atoms with E-state index in [0.717, 1.165) is 43.3 Å². The third kappa shape index (κ3) is 8.25. The standard InChI is InChI=1S/C31H41ClN2O7S/c1-5-7-8-9-10-12-21-14-16-23(33-27(35)13-11-18-32)29-28(21)30(36)34(31(29)37)24(20-42(4,38)39)22-15-17-25(40-3)26(19-22)41-6-2/h14-17,19,24H,5-13,18,20H2,1-4H3,(H,33,35)/t24-/m1/s1. The Morgan fingerprint density at radius 2 is 1.69 bits per heavy atom. The average molecular weight is 621 g/mol. The van der Waals surface area contributed by atoms with Crippen molar-refractivity contribution in [3.05, 3.63) is 52.6 Å². The number of nitrogens with zero attached hydrogens (tertiary/aromatic N) is 1. The van der Waals surface area contributed by atoms with E-state index in [9.17, 15) is 22.8 Å². The number of benzene rings is 2. The van der Waals surface area contributed by atoms with Crippen LogP contribution in [0.2, 0.25) is 0 Å². The molecule has 1 aliphatic heterocycles. The second-order valence-corrected chi connectivity index (χ2v) is 13.0. The van der Waals surface area contributed by atoms with Crippen molar-refractivity contribution in [1.82, 2.24) is 4.90 Å². The van der Waals surface area contributed by atoms with Crippen LogP contribution >= 0.6 is 11.6 Å². The van der Waals surface area contributed by atoms with Gasteiger partial charge < -0.3 is 14.8 Å². The Balaban J connectivity index is 2.10. The highest BCUT2D eigenvalue weighted by atomic mass is 35.5. The number of halogens is 1. The highest BCUT2D eigenvalue weighted by molar-refractivity contribution is 7.90. The summed E-state index contributed by atoms with van der Waals surface area (Å²) in [6.07, 6.45) is 7.37. The average Bonchev–Trinajstić information content (AvgIpc) is 3.21. The summed E-state index contributed by atoms with van der Waals surface area (Å²) in [4.78, 5) is 41.9. The lowest BCUT2D eigenvalue weighted by atomic mass is 9.96. The quantitative estimate of drug-likeness (QED) is 0.132. The molecule has 0 spiro atoms. The third-order valence-corrected chi connectivity index (χ3v) is 8.35. The number of ether oxygens (including phenoxy) is 2. The molecule has 0 unspecified atom stereocenters. The minimum atomic E-state index is -3.66. The van der Waals surface area contributed by atoms with Gasteiger partial charge in [-0.3, -0.25) is 19.3 Å². The first-order valence-corrected chi connectivity index (χ1v) is 17.0. The van der Waals surface area contributed by atoms with Gasteiger partial charge in [-0.25, -0.2) is 8.42 Å². The number of carbonyl (C=O) groups excluding carboxylic acids is 3. The Labute approximate surface area is 253 Å². The van der Waals surface area contributed by atoms with E-state index >= 15 is 0 Å². The summed E-state index contributed by atoms with van der Waals surface area (Å²) in [7, 11) is -2.17. The Morgan fingerprint density at radius 3 is 2.33 bits per heavy atom. The summed E-state index contributed by atoms with van der Waals surface area (Å²) < 4.78 is 36.3. The maximum absolute atomic E-state index is 14.1. The van der Waals surface area contributed by atoms with Gasteiger partial charge in [0, 0.05) is 18.6 Å². The van der Waals surface area contributed by atoms with Crippen LogP contribution in [-0.4, -0.2) is 62.6 Å². The van der Waals surface area contributed by atoms with Crippen molar-refractivity contribution in [1.29, 1.82) is 0 Å². The molecule has 1 aliphatic rings. The van der Waals surface area contributed by atoms with E-state index in [2.05, 4.69) is 12.2 Å². The van der Waals surface area contributed by atoms with Gasteiger partial charge in [0.15, 0.2) is 11.5 Å². The lowest BCUT2D eigenvalue weighted by Crippen LogP contribution is -2.38. The number of amides is 3. The van der Waals surface area contributed by atoms with Crippen molar-refractivity contribution in [2.45, 2.75) is 71.3 Å². The third-order valence-electron chi connectivity index (χ3n) is 7.16. The van der Waals surface area contributed by atoms with Gasteiger partial charge in [0.2, 0.25) is 5.91 Å². The number of hydrogen-bond donors (Lipinski definition) is 1. The molecule has 230 valence electrons. The summed E-state index contributed by atoms with van der Waals surface area (Å²) in [5.74, 6) is -0.933. The molecule has 1 atom stereocenters. The summed E-state index contributed by atoms with van der Waals surface area (Å²) in [5.41, 5.74) is 1.63. The van der Waals surface area contributed by atoms with Crippen LogP contribution in [0.1, 0.15) is 96.7 Å². The molecular formula is C31H41ClN2O7S.